The number of rotatable bonds is 4. The van der Waals surface area contributed by atoms with Crippen molar-refractivity contribution >= 4 is 0 Å². The molecule has 1 aromatic carbocycles. The Balaban J connectivity index is 1.78. The molecule has 1 aliphatic heterocycles. The van der Waals surface area contributed by atoms with Gasteiger partial charge in [-0.15, -0.1) is 0 Å². The van der Waals surface area contributed by atoms with Crippen LogP contribution in [0.5, 0.6) is 0 Å². The molecule has 3 atom stereocenters. The average Bonchev–Trinajstić information content (AvgIpc) is 3.04. The summed E-state index contributed by atoms with van der Waals surface area (Å²) in [5.74, 6) is 0.0343. The normalized spacial score (nSPS) is 26.3. The SMILES string of the molecule is Cn1ccc(CN2C[C@H](c3ccccc3)[C@@H](O)[C@H]2CO)n1. The molecule has 0 saturated carbocycles. The first-order valence-electron chi connectivity index (χ1n) is 7.25. The molecule has 1 fully saturated rings. The number of hydrogen-bond donors (Lipinski definition) is 2. The second-order valence-corrected chi connectivity index (χ2v) is 5.67. The van der Waals surface area contributed by atoms with Gasteiger partial charge in [0.25, 0.3) is 0 Å². The molecule has 2 heterocycles. The Labute approximate surface area is 124 Å². The molecule has 0 amide bonds. The summed E-state index contributed by atoms with van der Waals surface area (Å²) in [6.45, 7) is 1.33. The van der Waals surface area contributed by atoms with Gasteiger partial charge in [-0.3, -0.25) is 9.58 Å². The van der Waals surface area contributed by atoms with Gasteiger partial charge in [0.05, 0.1) is 24.4 Å². The van der Waals surface area contributed by atoms with Gasteiger partial charge in [-0.1, -0.05) is 30.3 Å². The number of aliphatic hydroxyl groups excluding tert-OH is 2. The van der Waals surface area contributed by atoms with E-state index in [9.17, 15) is 10.2 Å². The van der Waals surface area contributed by atoms with Crippen molar-refractivity contribution in [2.24, 2.45) is 7.05 Å². The van der Waals surface area contributed by atoms with Gasteiger partial charge < -0.3 is 10.2 Å². The van der Waals surface area contributed by atoms with Crippen molar-refractivity contribution in [2.75, 3.05) is 13.2 Å². The van der Waals surface area contributed by atoms with Crippen LogP contribution in [-0.2, 0) is 13.6 Å². The van der Waals surface area contributed by atoms with Crippen molar-refractivity contribution in [1.29, 1.82) is 0 Å². The van der Waals surface area contributed by atoms with Crippen LogP contribution >= 0.6 is 0 Å². The van der Waals surface area contributed by atoms with Crippen LogP contribution in [0.4, 0.5) is 0 Å². The Morgan fingerprint density at radius 3 is 2.62 bits per heavy atom. The molecule has 0 radical (unpaired) electrons. The molecule has 112 valence electrons. The standard InChI is InChI=1S/C16H21N3O2/c1-18-8-7-13(17-18)9-19-10-14(16(21)15(19)11-20)12-5-3-2-4-6-12/h2-8,14-16,20-21H,9-11H2,1H3/t14-,15-,16-/m1/s1. The van der Waals surface area contributed by atoms with E-state index in [-0.39, 0.29) is 18.6 Å². The third-order valence-corrected chi connectivity index (χ3v) is 4.26. The lowest BCUT2D eigenvalue weighted by molar-refractivity contribution is 0.0636. The maximum Gasteiger partial charge on any atom is 0.0798 e. The number of benzene rings is 1. The molecule has 21 heavy (non-hydrogen) atoms. The minimum absolute atomic E-state index is 0.0343. The van der Waals surface area contributed by atoms with E-state index in [1.54, 1.807) is 4.68 Å². The molecule has 3 rings (SSSR count). The minimum atomic E-state index is -0.555. The Bertz CT molecular complexity index is 584. The van der Waals surface area contributed by atoms with Crippen LogP contribution in [0.2, 0.25) is 0 Å². The summed E-state index contributed by atoms with van der Waals surface area (Å²) in [6.07, 6.45) is 1.35. The molecule has 0 spiro atoms. The monoisotopic (exact) mass is 287 g/mol. The Kier molecular flexibility index (Phi) is 4.05. The zero-order chi connectivity index (χ0) is 14.8. The minimum Gasteiger partial charge on any atom is -0.395 e. The summed E-state index contributed by atoms with van der Waals surface area (Å²) in [5.41, 5.74) is 2.07. The van der Waals surface area contributed by atoms with Gasteiger partial charge in [0, 0.05) is 32.3 Å². The van der Waals surface area contributed by atoms with Crippen LogP contribution < -0.4 is 0 Å². The summed E-state index contributed by atoms with van der Waals surface area (Å²) in [6, 6.07) is 11.7. The van der Waals surface area contributed by atoms with Gasteiger partial charge >= 0.3 is 0 Å². The van der Waals surface area contributed by atoms with Crippen molar-refractivity contribution in [3.8, 4) is 0 Å². The lowest BCUT2D eigenvalue weighted by Crippen LogP contribution is -2.38. The highest BCUT2D eigenvalue weighted by atomic mass is 16.3. The van der Waals surface area contributed by atoms with Crippen LogP contribution in [0.3, 0.4) is 0 Å². The summed E-state index contributed by atoms with van der Waals surface area (Å²) < 4.78 is 1.77. The fourth-order valence-corrected chi connectivity index (χ4v) is 3.14. The molecule has 2 aromatic rings. The number of nitrogens with zero attached hydrogens (tertiary/aromatic N) is 3. The Morgan fingerprint density at radius 1 is 1.24 bits per heavy atom. The highest BCUT2D eigenvalue weighted by Gasteiger charge is 2.40. The molecular formula is C16H21N3O2. The molecule has 5 nitrogen and oxygen atoms in total. The van der Waals surface area contributed by atoms with Gasteiger partial charge in [0.15, 0.2) is 0 Å². The zero-order valence-corrected chi connectivity index (χ0v) is 12.1. The summed E-state index contributed by atoms with van der Waals surface area (Å²) >= 11 is 0. The number of aromatic nitrogens is 2. The van der Waals surface area contributed by atoms with E-state index in [2.05, 4.69) is 10.00 Å². The first kappa shape index (κ1) is 14.3. The quantitative estimate of drug-likeness (QED) is 0.871. The maximum absolute atomic E-state index is 10.5. The molecule has 0 aliphatic carbocycles. The molecule has 1 saturated heterocycles. The summed E-state index contributed by atoms with van der Waals surface area (Å²) in [4.78, 5) is 2.12. The second kappa shape index (κ2) is 5.97. The topological polar surface area (TPSA) is 61.5 Å². The lowest BCUT2D eigenvalue weighted by atomic mass is 9.94. The fourth-order valence-electron chi connectivity index (χ4n) is 3.14. The average molecular weight is 287 g/mol. The van der Waals surface area contributed by atoms with E-state index in [0.29, 0.717) is 6.54 Å². The molecule has 0 unspecified atom stereocenters. The van der Waals surface area contributed by atoms with Crippen molar-refractivity contribution in [2.45, 2.75) is 24.6 Å². The van der Waals surface area contributed by atoms with E-state index in [1.165, 1.54) is 0 Å². The van der Waals surface area contributed by atoms with E-state index in [1.807, 2.05) is 49.6 Å². The molecule has 1 aliphatic rings. The predicted octanol–water partition coefficient (Wildman–Crippen LogP) is 0.741. The number of hydrogen-bond acceptors (Lipinski definition) is 4. The Morgan fingerprint density at radius 2 is 2.00 bits per heavy atom. The van der Waals surface area contributed by atoms with Crippen molar-refractivity contribution in [3.05, 3.63) is 53.9 Å². The van der Waals surface area contributed by atoms with E-state index >= 15 is 0 Å². The van der Waals surface area contributed by atoms with Gasteiger partial charge in [-0.25, -0.2) is 0 Å². The van der Waals surface area contributed by atoms with E-state index < -0.39 is 6.10 Å². The van der Waals surface area contributed by atoms with E-state index in [4.69, 9.17) is 0 Å². The molecule has 2 N–H and O–H groups in total. The predicted molar refractivity (Wildman–Crippen MR) is 79.7 cm³/mol. The van der Waals surface area contributed by atoms with Gasteiger partial charge in [-0.2, -0.15) is 5.10 Å². The van der Waals surface area contributed by atoms with Crippen LogP contribution in [-0.4, -0.2) is 50.2 Å². The van der Waals surface area contributed by atoms with Crippen LogP contribution in [0, 0.1) is 0 Å². The smallest absolute Gasteiger partial charge is 0.0798 e. The fraction of sp³-hybridized carbons (Fsp3) is 0.438. The summed E-state index contributed by atoms with van der Waals surface area (Å²) in [5, 5.41) is 24.5. The zero-order valence-electron chi connectivity index (χ0n) is 12.1. The van der Waals surface area contributed by atoms with Crippen molar-refractivity contribution in [3.63, 3.8) is 0 Å². The number of aliphatic hydroxyl groups is 2. The second-order valence-electron chi connectivity index (χ2n) is 5.67. The van der Waals surface area contributed by atoms with Crippen LogP contribution in [0.25, 0.3) is 0 Å². The molecule has 5 heteroatoms. The van der Waals surface area contributed by atoms with Crippen LogP contribution in [0.1, 0.15) is 17.2 Å². The van der Waals surface area contributed by atoms with E-state index in [0.717, 1.165) is 17.8 Å². The summed E-state index contributed by atoms with van der Waals surface area (Å²) in [7, 11) is 1.89. The third-order valence-electron chi connectivity index (χ3n) is 4.26. The first-order valence-corrected chi connectivity index (χ1v) is 7.25. The van der Waals surface area contributed by atoms with Gasteiger partial charge in [0.2, 0.25) is 0 Å². The largest absolute Gasteiger partial charge is 0.395 e. The molecule has 0 bridgehead atoms. The maximum atomic E-state index is 10.5. The van der Waals surface area contributed by atoms with Crippen LogP contribution in [0.15, 0.2) is 42.6 Å². The third kappa shape index (κ3) is 2.85. The lowest BCUT2D eigenvalue weighted by Gasteiger charge is -2.23. The first-order chi connectivity index (χ1) is 10.2. The van der Waals surface area contributed by atoms with Crippen molar-refractivity contribution < 1.29 is 10.2 Å². The number of likely N-dealkylation sites (tertiary alicyclic amines) is 1. The highest BCUT2D eigenvalue weighted by molar-refractivity contribution is 5.24. The number of aryl methyl sites for hydroxylation is 1. The molecular weight excluding hydrogens is 266 g/mol. The molecule has 1 aromatic heterocycles. The van der Waals surface area contributed by atoms with Gasteiger partial charge in [0.1, 0.15) is 0 Å². The Hall–Kier alpha value is -1.69. The van der Waals surface area contributed by atoms with Gasteiger partial charge in [-0.05, 0) is 11.6 Å². The van der Waals surface area contributed by atoms with Crippen molar-refractivity contribution in [1.82, 2.24) is 14.7 Å². The highest BCUT2D eigenvalue weighted by Crippen LogP contribution is 2.32.